The van der Waals surface area contributed by atoms with Crippen LogP contribution in [-0.4, -0.2) is 50.0 Å². The van der Waals surface area contributed by atoms with Gasteiger partial charge in [-0.2, -0.15) is 0 Å². The van der Waals surface area contributed by atoms with Gasteiger partial charge in [-0.15, -0.1) is 0 Å². The van der Waals surface area contributed by atoms with E-state index in [1.807, 2.05) is 6.92 Å². The Bertz CT molecular complexity index is 339. The Hall–Kier alpha value is -1.14. The zero-order valence-electron chi connectivity index (χ0n) is 13.0. The number of aliphatic carboxylic acids is 1. The van der Waals surface area contributed by atoms with Crippen molar-refractivity contribution in [2.24, 2.45) is 5.41 Å². The maximum atomic E-state index is 12.6. The first kappa shape index (κ1) is 17.9. The molecule has 1 saturated carbocycles. The van der Waals surface area contributed by atoms with E-state index in [0.717, 1.165) is 25.7 Å². The first-order valence-corrected chi connectivity index (χ1v) is 7.66. The van der Waals surface area contributed by atoms with E-state index < -0.39 is 17.4 Å². The molecule has 0 aromatic rings. The minimum atomic E-state index is -1.02. The lowest BCUT2D eigenvalue weighted by molar-refractivity contribution is -0.144. The van der Waals surface area contributed by atoms with Crippen LogP contribution in [0.2, 0.25) is 0 Å². The molecule has 1 rings (SSSR count). The van der Waals surface area contributed by atoms with E-state index in [-0.39, 0.29) is 12.3 Å². The third-order valence-corrected chi connectivity index (χ3v) is 4.19. The van der Waals surface area contributed by atoms with E-state index in [2.05, 4.69) is 5.32 Å². The largest absolute Gasteiger partial charge is 0.480 e. The van der Waals surface area contributed by atoms with Crippen LogP contribution in [0.5, 0.6) is 0 Å². The van der Waals surface area contributed by atoms with E-state index in [1.165, 1.54) is 7.11 Å². The van der Waals surface area contributed by atoms with Gasteiger partial charge in [0.2, 0.25) is 5.91 Å². The molecule has 1 aliphatic rings. The Morgan fingerprint density at radius 3 is 2.48 bits per heavy atom. The normalized spacial score (nSPS) is 18.4. The van der Waals surface area contributed by atoms with Gasteiger partial charge in [0.1, 0.15) is 6.04 Å². The number of carbonyl (C=O) groups is 2. The SMILES string of the molecule is CCOCCC1(C(=O)NC(CCOC)C(=O)O)CCCC1. The Morgan fingerprint density at radius 1 is 1.29 bits per heavy atom. The van der Waals surface area contributed by atoms with E-state index >= 15 is 0 Å². The zero-order valence-corrected chi connectivity index (χ0v) is 13.0. The van der Waals surface area contributed by atoms with Crippen LogP contribution in [0.1, 0.15) is 45.4 Å². The van der Waals surface area contributed by atoms with Crippen LogP contribution in [-0.2, 0) is 19.1 Å². The lowest BCUT2D eigenvalue weighted by atomic mass is 9.81. The van der Waals surface area contributed by atoms with Crippen molar-refractivity contribution in [3.8, 4) is 0 Å². The van der Waals surface area contributed by atoms with Gasteiger partial charge < -0.3 is 19.9 Å². The van der Waals surface area contributed by atoms with Gasteiger partial charge in [0.15, 0.2) is 0 Å². The van der Waals surface area contributed by atoms with E-state index in [9.17, 15) is 14.7 Å². The van der Waals surface area contributed by atoms with Gasteiger partial charge in [-0.25, -0.2) is 4.79 Å². The van der Waals surface area contributed by atoms with Crippen molar-refractivity contribution in [1.29, 1.82) is 0 Å². The van der Waals surface area contributed by atoms with Crippen LogP contribution in [0.15, 0.2) is 0 Å². The lowest BCUT2D eigenvalue weighted by Crippen LogP contribution is -2.48. The molecular weight excluding hydrogens is 274 g/mol. The Balaban J connectivity index is 2.64. The molecule has 1 amide bonds. The van der Waals surface area contributed by atoms with E-state index in [4.69, 9.17) is 9.47 Å². The maximum absolute atomic E-state index is 12.6. The summed E-state index contributed by atoms with van der Waals surface area (Å²) < 4.78 is 10.3. The monoisotopic (exact) mass is 301 g/mol. The molecule has 21 heavy (non-hydrogen) atoms. The van der Waals surface area contributed by atoms with Crippen LogP contribution >= 0.6 is 0 Å². The number of carboxylic acids is 1. The Kier molecular flexibility index (Phi) is 7.67. The predicted molar refractivity (Wildman–Crippen MR) is 78.1 cm³/mol. The van der Waals surface area contributed by atoms with Crippen molar-refractivity contribution in [2.75, 3.05) is 26.9 Å². The molecule has 0 spiro atoms. The van der Waals surface area contributed by atoms with Crippen LogP contribution in [0.3, 0.4) is 0 Å². The summed E-state index contributed by atoms with van der Waals surface area (Å²) in [5, 5.41) is 11.9. The highest BCUT2D eigenvalue weighted by Crippen LogP contribution is 2.41. The topological polar surface area (TPSA) is 84.9 Å². The number of carbonyl (C=O) groups excluding carboxylic acids is 1. The molecule has 122 valence electrons. The Labute approximate surface area is 126 Å². The lowest BCUT2D eigenvalue weighted by Gasteiger charge is -2.29. The standard InChI is InChI=1S/C15H27NO5/c1-3-21-11-9-15(7-4-5-8-15)14(19)16-12(13(17)18)6-10-20-2/h12H,3-11H2,1-2H3,(H,16,19)(H,17,18). The fourth-order valence-corrected chi connectivity index (χ4v) is 2.86. The molecule has 0 radical (unpaired) electrons. The van der Waals surface area contributed by atoms with Crippen molar-refractivity contribution >= 4 is 11.9 Å². The summed E-state index contributed by atoms with van der Waals surface area (Å²) in [5.74, 6) is -1.17. The van der Waals surface area contributed by atoms with Gasteiger partial charge in [0, 0.05) is 33.4 Å². The third kappa shape index (κ3) is 5.28. The first-order valence-electron chi connectivity index (χ1n) is 7.66. The highest BCUT2D eigenvalue weighted by Gasteiger charge is 2.41. The molecule has 6 heteroatoms. The minimum Gasteiger partial charge on any atom is -0.480 e. The fourth-order valence-electron chi connectivity index (χ4n) is 2.86. The zero-order chi connectivity index (χ0) is 15.7. The summed E-state index contributed by atoms with van der Waals surface area (Å²) in [7, 11) is 1.52. The van der Waals surface area contributed by atoms with E-state index in [0.29, 0.717) is 26.2 Å². The molecule has 2 N–H and O–H groups in total. The quantitative estimate of drug-likeness (QED) is 0.598. The number of carboxylic acid groups (broad SMARTS) is 1. The predicted octanol–water partition coefficient (Wildman–Crippen LogP) is 1.58. The van der Waals surface area contributed by atoms with Gasteiger partial charge in [-0.3, -0.25) is 4.79 Å². The highest BCUT2D eigenvalue weighted by atomic mass is 16.5. The number of methoxy groups -OCH3 is 1. The maximum Gasteiger partial charge on any atom is 0.326 e. The summed E-state index contributed by atoms with van der Waals surface area (Å²) in [6.45, 7) is 3.40. The molecule has 1 unspecified atom stereocenters. The first-order chi connectivity index (χ1) is 10.1. The molecule has 0 aromatic carbocycles. The molecule has 1 atom stereocenters. The molecule has 0 heterocycles. The van der Waals surface area contributed by atoms with Gasteiger partial charge in [0.25, 0.3) is 0 Å². The molecule has 0 bridgehead atoms. The van der Waals surface area contributed by atoms with Crippen molar-refractivity contribution in [1.82, 2.24) is 5.32 Å². The smallest absolute Gasteiger partial charge is 0.326 e. The van der Waals surface area contributed by atoms with Crippen LogP contribution in [0, 0.1) is 5.41 Å². The number of rotatable bonds is 10. The van der Waals surface area contributed by atoms with Gasteiger partial charge in [-0.1, -0.05) is 12.8 Å². The number of hydrogen-bond donors (Lipinski definition) is 2. The number of nitrogens with one attached hydrogen (secondary N) is 1. The van der Waals surface area contributed by atoms with Gasteiger partial charge in [0.05, 0.1) is 5.41 Å². The summed E-state index contributed by atoms with van der Waals surface area (Å²) >= 11 is 0. The fraction of sp³-hybridized carbons (Fsp3) is 0.867. The second kappa shape index (κ2) is 9.00. The summed E-state index contributed by atoms with van der Waals surface area (Å²) in [5.41, 5.74) is -0.462. The molecule has 0 aliphatic heterocycles. The minimum absolute atomic E-state index is 0.150. The van der Waals surface area contributed by atoms with E-state index in [1.54, 1.807) is 0 Å². The average Bonchev–Trinajstić information content (AvgIpc) is 2.93. The van der Waals surface area contributed by atoms with Gasteiger partial charge >= 0.3 is 5.97 Å². The van der Waals surface area contributed by atoms with Crippen molar-refractivity contribution in [3.63, 3.8) is 0 Å². The number of ether oxygens (including phenoxy) is 2. The summed E-state index contributed by atoms with van der Waals surface area (Å²) in [4.78, 5) is 23.8. The Morgan fingerprint density at radius 2 is 1.95 bits per heavy atom. The van der Waals surface area contributed by atoms with Crippen LogP contribution < -0.4 is 5.32 Å². The van der Waals surface area contributed by atoms with Crippen molar-refractivity contribution < 1.29 is 24.2 Å². The summed E-state index contributed by atoms with van der Waals surface area (Å²) in [6.07, 6.45) is 4.57. The average molecular weight is 301 g/mol. The number of amides is 1. The third-order valence-electron chi connectivity index (χ3n) is 4.19. The highest BCUT2D eigenvalue weighted by molar-refractivity contribution is 5.87. The molecular formula is C15H27NO5. The number of hydrogen-bond acceptors (Lipinski definition) is 4. The van der Waals surface area contributed by atoms with Crippen molar-refractivity contribution in [3.05, 3.63) is 0 Å². The molecule has 0 aromatic heterocycles. The van der Waals surface area contributed by atoms with Gasteiger partial charge in [-0.05, 0) is 26.2 Å². The molecule has 1 aliphatic carbocycles. The van der Waals surface area contributed by atoms with Crippen LogP contribution in [0.4, 0.5) is 0 Å². The van der Waals surface area contributed by atoms with Crippen molar-refractivity contribution in [2.45, 2.75) is 51.5 Å². The second-order valence-electron chi connectivity index (χ2n) is 5.58. The second-order valence-corrected chi connectivity index (χ2v) is 5.58. The molecule has 0 saturated heterocycles. The summed E-state index contributed by atoms with van der Waals surface area (Å²) in [6, 6.07) is -0.887. The van der Waals surface area contributed by atoms with Crippen LogP contribution in [0.25, 0.3) is 0 Å². The molecule has 6 nitrogen and oxygen atoms in total. The molecule has 1 fully saturated rings.